The maximum Gasteiger partial charge on any atom is 0.335 e. The van der Waals surface area contributed by atoms with E-state index in [9.17, 15) is 4.79 Å². The summed E-state index contributed by atoms with van der Waals surface area (Å²) in [5.74, 6) is -0.972. The molecule has 0 radical (unpaired) electrons. The van der Waals surface area contributed by atoms with Crippen LogP contribution in [0.2, 0.25) is 0 Å². The van der Waals surface area contributed by atoms with Crippen LogP contribution >= 0.6 is 11.3 Å². The SMILES string of the molecule is Cn1nc(-c2ccccn2)sc1=Nc1cccc(C(=O)O)c1. The van der Waals surface area contributed by atoms with Crippen LogP contribution in [-0.2, 0) is 7.05 Å². The lowest BCUT2D eigenvalue weighted by Crippen LogP contribution is -2.10. The summed E-state index contributed by atoms with van der Waals surface area (Å²) in [7, 11) is 1.79. The van der Waals surface area contributed by atoms with Crippen molar-refractivity contribution >= 4 is 23.0 Å². The Kier molecular flexibility index (Phi) is 3.80. The molecule has 2 aromatic heterocycles. The fourth-order valence-corrected chi connectivity index (χ4v) is 2.74. The molecule has 6 nitrogen and oxygen atoms in total. The highest BCUT2D eigenvalue weighted by molar-refractivity contribution is 7.12. The summed E-state index contributed by atoms with van der Waals surface area (Å²) >= 11 is 1.40. The molecular formula is C15H12N4O2S. The lowest BCUT2D eigenvalue weighted by atomic mass is 10.2. The number of aromatic carboxylic acids is 1. The molecule has 0 bridgehead atoms. The Labute approximate surface area is 130 Å². The van der Waals surface area contributed by atoms with Gasteiger partial charge in [0.2, 0.25) is 4.80 Å². The van der Waals surface area contributed by atoms with E-state index in [1.807, 2.05) is 18.2 Å². The second kappa shape index (κ2) is 5.90. The third-order valence-corrected chi connectivity index (χ3v) is 3.93. The van der Waals surface area contributed by atoms with E-state index in [-0.39, 0.29) is 5.56 Å². The highest BCUT2D eigenvalue weighted by Crippen LogP contribution is 2.17. The molecule has 3 rings (SSSR count). The standard InChI is InChI=1S/C15H12N4O2S/c1-19-15(17-11-6-4-5-10(9-11)14(20)21)22-13(18-19)12-7-2-3-8-16-12/h2-9H,1H3,(H,20,21). The zero-order chi connectivity index (χ0) is 15.5. The summed E-state index contributed by atoms with van der Waals surface area (Å²) in [6, 6.07) is 12.1. The summed E-state index contributed by atoms with van der Waals surface area (Å²) in [5, 5.41) is 14.2. The van der Waals surface area contributed by atoms with Gasteiger partial charge in [-0.3, -0.25) is 4.98 Å². The van der Waals surface area contributed by atoms with Crippen LogP contribution in [-0.4, -0.2) is 25.8 Å². The van der Waals surface area contributed by atoms with Crippen LogP contribution < -0.4 is 4.80 Å². The van der Waals surface area contributed by atoms with E-state index in [0.717, 1.165) is 10.7 Å². The van der Waals surface area contributed by atoms with Gasteiger partial charge in [0.25, 0.3) is 0 Å². The number of carboxylic acids is 1. The Morgan fingerprint density at radius 3 is 2.86 bits per heavy atom. The van der Waals surface area contributed by atoms with Crippen molar-refractivity contribution in [2.45, 2.75) is 0 Å². The fourth-order valence-electron chi connectivity index (χ4n) is 1.86. The zero-order valence-corrected chi connectivity index (χ0v) is 12.5. The smallest absolute Gasteiger partial charge is 0.335 e. The molecule has 0 fully saturated rings. The van der Waals surface area contributed by atoms with Gasteiger partial charge >= 0.3 is 5.97 Å². The largest absolute Gasteiger partial charge is 0.478 e. The number of aryl methyl sites for hydroxylation is 1. The van der Waals surface area contributed by atoms with Gasteiger partial charge in [0.15, 0.2) is 5.01 Å². The molecular weight excluding hydrogens is 300 g/mol. The normalized spacial score (nSPS) is 11.6. The molecule has 0 aliphatic rings. The van der Waals surface area contributed by atoms with Gasteiger partial charge < -0.3 is 5.11 Å². The second-order valence-electron chi connectivity index (χ2n) is 4.50. The Balaban J connectivity index is 2.04. The van der Waals surface area contributed by atoms with Crippen molar-refractivity contribution in [1.29, 1.82) is 0 Å². The number of carbonyl (C=O) groups is 1. The van der Waals surface area contributed by atoms with Gasteiger partial charge in [-0.1, -0.05) is 23.5 Å². The molecule has 0 saturated heterocycles. The molecule has 0 spiro atoms. The second-order valence-corrected chi connectivity index (χ2v) is 5.45. The molecule has 7 heteroatoms. The summed E-state index contributed by atoms with van der Waals surface area (Å²) in [5.41, 5.74) is 1.56. The lowest BCUT2D eigenvalue weighted by molar-refractivity contribution is 0.0697. The zero-order valence-electron chi connectivity index (χ0n) is 11.7. The van der Waals surface area contributed by atoms with Crippen molar-refractivity contribution in [2.75, 3.05) is 0 Å². The summed E-state index contributed by atoms with van der Waals surface area (Å²) in [6.07, 6.45) is 1.71. The predicted molar refractivity (Wildman–Crippen MR) is 82.9 cm³/mol. The number of rotatable bonds is 3. The van der Waals surface area contributed by atoms with E-state index in [1.165, 1.54) is 23.5 Å². The van der Waals surface area contributed by atoms with Gasteiger partial charge in [-0.05, 0) is 30.3 Å². The highest BCUT2D eigenvalue weighted by Gasteiger charge is 2.07. The van der Waals surface area contributed by atoms with E-state index in [1.54, 1.807) is 30.1 Å². The highest BCUT2D eigenvalue weighted by atomic mass is 32.1. The van der Waals surface area contributed by atoms with Crippen molar-refractivity contribution in [2.24, 2.45) is 12.0 Å². The van der Waals surface area contributed by atoms with Crippen molar-refractivity contribution in [3.8, 4) is 10.7 Å². The van der Waals surface area contributed by atoms with Gasteiger partial charge in [-0.25, -0.2) is 14.5 Å². The lowest BCUT2D eigenvalue weighted by Gasteiger charge is -1.95. The molecule has 2 heterocycles. The minimum absolute atomic E-state index is 0.207. The number of nitrogens with zero attached hydrogens (tertiary/aromatic N) is 4. The van der Waals surface area contributed by atoms with Crippen LogP contribution in [0.15, 0.2) is 53.7 Å². The summed E-state index contributed by atoms with van der Waals surface area (Å²) in [6.45, 7) is 0. The van der Waals surface area contributed by atoms with Gasteiger partial charge in [-0.15, -0.1) is 0 Å². The summed E-state index contributed by atoms with van der Waals surface area (Å²) < 4.78 is 1.65. The molecule has 0 unspecified atom stereocenters. The first kappa shape index (κ1) is 14.2. The number of hydrogen-bond acceptors (Lipinski definition) is 5. The van der Waals surface area contributed by atoms with E-state index >= 15 is 0 Å². The van der Waals surface area contributed by atoms with E-state index in [2.05, 4.69) is 15.1 Å². The topological polar surface area (TPSA) is 80.4 Å². The first-order valence-corrected chi connectivity index (χ1v) is 7.29. The molecule has 3 aromatic rings. The molecule has 1 aromatic carbocycles. The fraction of sp³-hybridized carbons (Fsp3) is 0.0667. The van der Waals surface area contributed by atoms with Crippen molar-refractivity contribution < 1.29 is 9.90 Å². The van der Waals surface area contributed by atoms with Gasteiger partial charge in [0, 0.05) is 13.2 Å². The van der Waals surface area contributed by atoms with E-state index in [4.69, 9.17) is 5.11 Å². The molecule has 0 saturated carbocycles. The number of pyridine rings is 1. The number of aromatic nitrogens is 3. The van der Waals surface area contributed by atoms with E-state index < -0.39 is 5.97 Å². The average molecular weight is 312 g/mol. The third kappa shape index (κ3) is 2.94. The minimum Gasteiger partial charge on any atom is -0.478 e. The average Bonchev–Trinajstić information content (AvgIpc) is 2.89. The number of carboxylic acid groups (broad SMARTS) is 1. The maximum absolute atomic E-state index is 11.0. The van der Waals surface area contributed by atoms with Crippen LogP contribution in [0.3, 0.4) is 0 Å². The molecule has 1 N–H and O–H groups in total. The monoisotopic (exact) mass is 312 g/mol. The van der Waals surface area contributed by atoms with Crippen LogP contribution in [0.4, 0.5) is 5.69 Å². The molecule has 0 amide bonds. The minimum atomic E-state index is -0.972. The molecule has 22 heavy (non-hydrogen) atoms. The Hall–Kier alpha value is -2.80. The van der Waals surface area contributed by atoms with Crippen molar-refractivity contribution in [1.82, 2.24) is 14.8 Å². The van der Waals surface area contributed by atoms with Gasteiger partial charge in [0.05, 0.1) is 11.3 Å². The van der Waals surface area contributed by atoms with Crippen LogP contribution in [0, 0.1) is 0 Å². The van der Waals surface area contributed by atoms with Crippen LogP contribution in [0.5, 0.6) is 0 Å². The molecule has 0 aliphatic carbocycles. The summed E-state index contributed by atoms with van der Waals surface area (Å²) in [4.78, 5) is 20.4. The van der Waals surface area contributed by atoms with Crippen molar-refractivity contribution in [3.63, 3.8) is 0 Å². The van der Waals surface area contributed by atoms with Crippen LogP contribution in [0.25, 0.3) is 10.7 Å². The Morgan fingerprint density at radius 2 is 2.14 bits per heavy atom. The van der Waals surface area contributed by atoms with Crippen LogP contribution in [0.1, 0.15) is 10.4 Å². The van der Waals surface area contributed by atoms with Gasteiger partial charge in [-0.2, -0.15) is 5.10 Å². The Bertz CT molecular complexity index is 884. The van der Waals surface area contributed by atoms with E-state index in [0.29, 0.717) is 10.5 Å². The number of hydrogen-bond donors (Lipinski definition) is 1. The Morgan fingerprint density at radius 1 is 1.27 bits per heavy atom. The molecule has 0 aliphatic heterocycles. The maximum atomic E-state index is 11.0. The first-order valence-electron chi connectivity index (χ1n) is 6.47. The quantitative estimate of drug-likeness (QED) is 0.805. The molecule has 110 valence electrons. The first-order chi connectivity index (χ1) is 10.6. The van der Waals surface area contributed by atoms with Gasteiger partial charge in [0.1, 0.15) is 5.69 Å². The molecule has 0 atom stereocenters. The third-order valence-electron chi connectivity index (χ3n) is 2.91. The van der Waals surface area contributed by atoms with Crippen molar-refractivity contribution in [3.05, 3.63) is 59.0 Å². The predicted octanol–water partition coefficient (Wildman–Crippen LogP) is 2.47. The number of benzene rings is 1.